The standard InChI is InChI=1S/C10H7BrClN3S/c11-7-4-14-5-8(13)10(7)16-9-2-1-6(12)3-15-9/h1-5H,13H2. The summed E-state index contributed by atoms with van der Waals surface area (Å²) in [4.78, 5) is 9.07. The monoisotopic (exact) mass is 315 g/mol. The number of pyridine rings is 2. The molecule has 0 aliphatic heterocycles. The van der Waals surface area contributed by atoms with Crippen LogP contribution in [0.1, 0.15) is 0 Å². The first-order valence-corrected chi connectivity index (χ1v) is 6.34. The van der Waals surface area contributed by atoms with Crippen molar-refractivity contribution in [1.29, 1.82) is 0 Å². The molecule has 0 aliphatic carbocycles. The molecule has 82 valence electrons. The Kier molecular flexibility index (Phi) is 3.68. The van der Waals surface area contributed by atoms with Gasteiger partial charge in [0.1, 0.15) is 5.03 Å². The number of nitrogen functional groups attached to an aromatic ring is 1. The summed E-state index contributed by atoms with van der Waals surface area (Å²) in [5, 5.41) is 1.45. The first-order chi connectivity index (χ1) is 7.66. The molecule has 0 saturated heterocycles. The van der Waals surface area contributed by atoms with Crippen LogP contribution in [0.25, 0.3) is 0 Å². The van der Waals surface area contributed by atoms with Gasteiger partial charge >= 0.3 is 0 Å². The molecule has 0 saturated carbocycles. The number of anilines is 1. The van der Waals surface area contributed by atoms with E-state index in [2.05, 4.69) is 25.9 Å². The molecule has 2 aromatic rings. The molecule has 0 amide bonds. The molecule has 0 spiro atoms. The van der Waals surface area contributed by atoms with Crippen LogP contribution in [0, 0.1) is 0 Å². The van der Waals surface area contributed by atoms with E-state index in [1.54, 1.807) is 24.7 Å². The molecule has 2 heterocycles. The van der Waals surface area contributed by atoms with E-state index < -0.39 is 0 Å². The highest BCUT2D eigenvalue weighted by Crippen LogP contribution is 2.36. The molecule has 2 aromatic heterocycles. The number of hydrogen-bond acceptors (Lipinski definition) is 4. The molecule has 0 atom stereocenters. The van der Waals surface area contributed by atoms with Crippen molar-refractivity contribution in [2.75, 3.05) is 5.73 Å². The van der Waals surface area contributed by atoms with Crippen LogP contribution in [0.3, 0.4) is 0 Å². The van der Waals surface area contributed by atoms with Crippen LogP contribution >= 0.6 is 39.3 Å². The van der Waals surface area contributed by atoms with Crippen LogP contribution in [0.2, 0.25) is 5.02 Å². The van der Waals surface area contributed by atoms with Crippen molar-refractivity contribution >= 4 is 45.0 Å². The van der Waals surface area contributed by atoms with Gasteiger partial charge in [0.2, 0.25) is 0 Å². The highest BCUT2D eigenvalue weighted by Gasteiger charge is 2.07. The van der Waals surface area contributed by atoms with Crippen LogP contribution in [0.15, 0.2) is 45.1 Å². The van der Waals surface area contributed by atoms with Crippen molar-refractivity contribution in [2.45, 2.75) is 9.92 Å². The Morgan fingerprint density at radius 2 is 2.06 bits per heavy atom. The Bertz CT molecular complexity index is 484. The summed E-state index contributed by atoms with van der Waals surface area (Å²) in [6.45, 7) is 0. The largest absolute Gasteiger partial charge is 0.397 e. The first kappa shape index (κ1) is 11.7. The lowest BCUT2D eigenvalue weighted by molar-refractivity contribution is 1.13. The second-order valence-corrected chi connectivity index (χ2v) is 5.28. The summed E-state index contributed by atoms with van der Waals surface area (Å²) in [6, 6.07) is 3.64. The minimum Gasteiger partial charge on any atom is -0.397 e. The van der Waals surface area contributed by atoms with Gasteiger partial charge in [-0.2, -0.15) is 0 Å². The van der Waals surface area contributed by atoms with Gasteiger partial charge < -0.3 is 5.73 Å². The summed E-state index contributed by atoms with van der Waals surface area (Å²) in [6.07, 6.45) is 4.92. The summed E-state index contributed by atoms with van der Waals surface area (Å²) >= 11 is 10.6. The maximum atomic E-state index is 5.83. The minimum absolute atomic E-state index is 0.617. The van der Waals surface area contributed by atoms with Crippen molar-refractivity contribution in [3.8, 4) is 0 Å². The molecular weight excluding hydrogens is 310 g/mol. The zero-order chi connectivity index (χ0) is 11.5. The maximum absolute atomic E-state index is 5.83. The molecule has 0 bridgehead atoms. The molecular formula is C10H7BrClN3S. The average Bonchev–Trinajstić information content (AvgIpc) is 2.26. The van der Waals surface area contributed by atoms with Gasteiger partial charge in [0, 0.05) is 12.4 Å². The first-order valence-electron chi connectivity index (χ1n) is 4.35. The van der Waals surface area contributed by atoms with Gasteiger partial charge in [-0.3, -0.25) is 4.98 Å². The van der Waals surface area contributed by atoms with Gasteiger partial charge in [0.25, 0.3) is 0 Å². The fraction of sp³-hybridized carbons (Fsp3) is 0. The van der Waals surface area contributed by atoms with Gasteiger partial charge in [0.05, 0.1) is 26.3 Å². The number of hydrogen-bond donors (Lipinski definition) is 1. The van der Waals surface area contributed by atoms with Crippen LogP contribution < -0.4 is 5.73 Å². The van der Waals surface area contributed by atoms with Crippen LogP contribution in [0.5, 0.6) is 0 Å². The highest BCUT2D eigenvalue weighted by molar-refractivity contribution is 9.10. The fourth-order valence-electron chi connectivity index (χ4n) is 1.07. The smallest absolute Gasteiger partial charge is 0.101 e. The molecule has 16 heavy (non-hydrogen) atoms. The van der Waals surface area contributed by atoms with E-state index in [0.29, 0.717) is 10.7 Å². The molecule has 0 unspecified atom stereocenters. The molecule has 2 N–H and O–H groups in total. The molecule has 0 fully saturated rings. The lowest BCUT2D eigenvalue weighted by Gasteiger charge is -2.06. The Morgan fingerprint density at radius 3 is 2.69 bits per heavy atom. The summed E-state index contributed by atoms with van der Waals surface area (Å²) < 4.78 is 0.856. The predicted molar refractivity (Wildman–Crippen MR) is 69.7 cm³/mol. The van der Waals surface area contributed by atoms with Crippen molar-refractivity contribution < 1.29 is 0 Å². The van der Waals surface area contributed by atoms with Crippen molar-refractivity contribution in [2.24, 2.45) is 0 Å². The van der Waals surface area contributed by atoms with Crippen molar-refractivity contribution in [3.63, 3.8) is 0 Å². The quantitative estimate of drug-likeness (QED) is 0.919. The molecule has 3 nitrogen and oxygen atoms in total. The minimum atomic E-state index is 0.617. The van der Waals surface area contributed by atoms with E-state index in [1.807, 2.05) is 6.07 Å². The van der Waals surface area contributed by atoms with Gasteiger partial charge in [-0.25, -0.2) is 4.98 Å². The molecule has 0 radical (unpaired) electrons. The Balaban J connectivity index is 2.30. The zero-order valence-electron chi connectivity index (χ0n) is 8.02. The van der Waals surface area contributed by atoms with Gasteiger partial charge in [-0.05, 0) is 28.1 Å². The Hall–Kier alpha value is -0.780. The fourth-order valence-corrected chi connectivity index (χ4v) is 2.55. The van der Waals surface area contributed by atoms with E-state index >= 15 is 0 Å². The molecule has 0 aromatic carbocycles. The van der Waals surface area contributed by atoms with Gasteiger partial charge in [-0.1, -0.05) is 23.4 Å². The summed E-state index contributed by atoms with van der Waals surface area (Å²) in [5.74, 6) is 0. The third-order valence-corrected chi connectivity index (χ3v) is 3.99. The third-order valence-electron chi connectivity index (χ3n) is 1.79. The number of rotatable bonds is 2. The van der Waals surface area contributed by atoms with Crippen LogP contribution in [-0.4, -0.2) is 9.97 Å². The second-order valence-electron chi connectivity index (χ2n) is 2.96. The summed E-state index contributed by atoms with van der Waals surface area (Å²) in [5.41, 5.74) is 6.45. The molecule has 0 aliphatic rings. The van der Waals surface area contributed by atoms with E-state index in [1.165, 1.54) is 11.8 Å². The van der Waals surface area contributed by atoms with E-state index in [0.717, 1.165) is 14.4 Å². The van der Waals surface area contributed by atoms with Crippen molar-refractivity contribution in [1.82, 2.24) is 9.97 Å². The number of nitrogens with zero attached hydrogens (tertiary/aromatic N) is 2. The van der Waals surface area contributed by atoms with Crippen LogP contribution in [0.4, 0.5) is 5.69 Å². The number of halogens is 2. The van der Waals surface area contributed by atoms with Gasteiger partial charge in [0.15, 0.2) is 0 Å². The highest BCUT2D eigenvalue weighted by atomic mass is 79.9. The Morgan fingerprint density at radius 1 is 1.25 bits per heavy atom. The maximum Gasteiger partial charge on any atom is 0.101 e. The number of aromatic nitrogens is 2. The zero-order valence-corrected chi connectivity index (χ0v) is 11.2. The number of nitrogens with two attached hydrogens (primary N) is 1. The topological polar surface area (TPSA) is 51.8 Å². The Labute approximate surface area is 111 Å². The van der Waals surface area contributed by atoms with E-state index in [9.17, 15) is 0 Å². The van der Waals surface area contributed by atoms with Crippen LogP contribution in [-0.2, 0) is 0 Å². The lowest BCUT2D eigenvalue weighted by Crippen LogP contribution is -1.91. The van der Waals surface area contributed by atoms with E-state index in [-0.39, 0.29) is 0 Å². The van der Waals surface area contributed by atoms with E-state index in [4.69, 9.17) is 17.3 Å². The SMILES string of the molecule is Nc1cncc(Br)c1Sc1ccc(Cl)cn1. The summed E-state index contributed by atoms with van der Waals surface area (Å²) in [7, 11) is 0. The molecule has 2 rings (SSSR count). The molecule has 6 heteroatoms. The lowest BCUT2D eigenvalue weighted by atomic mass is 10.4. The average molecular weight is 317 g/mol. The van der Waals surface area contributed by atoms with Crippen molar-refractivity contribution in [3.05, 3.63) is 40.2 Å². The predicted octanol–water partition coefficient (Wildman–Crippen LogP) is 3.63. The third kappa shape index (κ3) is 2.66. The normalized spacial score (nSPS) is 10.4. The second kappa shape index (κ2) is 5.03. The van der Waals surface area contributed by atoms with Gasteiger partial charge in [-0.15, -0.1) is 0 Å².